The highest BCUT2D eigenvalue weighted by Crippen LogP contribution is 2.54. The summed E-state index contributed by atoms with van der Waals surface area (Å²) in [6, 6.07) is 0. The molecule has 2 unspecified atom stereocenters. The highest BCUT2D eigenvalue weighted by molar-refractivity contribution is 5.79. The highest BCUT2D eigenvalue weighted by Gasteiger charge is 2.47. The molecule has 2 fully saturated rings. The molecule has 0 spiro atoms. The summed E-state index contributed by atoms with van der Waals surface area (Å²) in [4.78, 5) is 11.7. The molecular formula is C12H21NO. The second-order valence-corrected chi connectivity index (χ2v) is 5.40. The predicted molar refractivity (Wildman–Crippen MR) is 56.8 cm³/mol. The fourth-order valence-corrected chi connectivity index (χ4v) is 2.56. The zero-order chi connectivity index (χ0) is 10.1. The number of hydrogen-bond donors (Lipinski definition) is 1. The Morgan fingerprint density at radius 3 is 2.50 bits per heavy atom. The van der Waals surface area contributed by atoms with Crippen molar-refractivity contribution in [1.82, 2.24) is 5.32 Å². The lowest BCUT2D eigenvalue weighted by atomic mass is 10.0. The van der Waals surface area contributed by atoms with Gasteiger partial charge in [-0.15, -0.1) is 0 Å². The van der Waals surface area contributed by atoms with Gasteiger partial charge in [-0.2, -0.15) is 0 Å². The summed E-state index contributed by atoms with van der Waals surface area (Å²) in [5.41, 5.74) is 0. The maximum atomic E-state index is 11.7. The van der Waals surface area contributed by atoms with Crippen molar-refractivity contribution in [2.75, 3.05) is 6.54 Å². The van der Waals surface area contributed by atoms with Gasteiger partial charge >= 0.3 is 0 Å². The van der Waals surface area contributed by atoms with E-state index < -0.39 is 0 Å². The normalized spacial score (nSPS) is 34.4. The molecule has 14 heavy (non-hydrogen) atoms. The van der Waals surface area contributed by atoms with Crippen LogP contribution in [0.5, 0.6) is 0 Å². The number of hydrogen-bond acceptors (Lipinski definition) is 1. The molecule has 2 heteroatoms. The standard InChI is InChI=1S/C12H21NO/c1-8(2)3-4-13-12(14)11-6-9-5-10(9)7-11/h8-11H,3-7H2,1-2H3,(H,13,14). The smallest absolute Gasteiger partial charge is 0.223 e. The van der Waals surface area contributed by atoms with E-state index in [4.69, 9.17) is 0 Å². The summed E-state index contributed by atoms with van der Waals surface area (Å²) in [6.07, 6.45) is 4.83. The molecule has 0 radical (unpaired) electrons. The summed E-state index contributed by atoms with van der Waals surface area (Å²) in [5, 5.41) is 3.06. The minimum Gasteiger partial charge on any atom is -0.356 e. The first-order valence-corrected chi connectivity index (χ1v) is 5.94. The molecule has 2 rings (SSSR count). The largest absolute Gasteiger partial charge is 0.356 e. The third-order valence-corrected chi connectivity index (χ3v) is 3.64. The summed E-state index contributed by atoms with van der Waals surface area (Å²) in [6.45, 7) is 5.25. The van der Waals surface area contributed by atoms with Crippen molar-refractivity contribution < 1.29 is 4.79 Å². The SMILES string of the molecule is CC(C)CCNC(=O)C1CC2CC2C1. The molecule has 0 saturated heterocycles. The van der Waals surface area contributed by atoms with Gasteiger partial charge in [0.15, 0.2) is 0 Å². The van der Waals surface area contributed by atoms with Gasteiger partial charge < -0.3 is 5.32 Å². The highest BCUT2D eigenvalue weighted by atomic mass is 16.1. The summed E-state index contributed by atoms with van der Waals surface area (Å²) in [5.74, 6) is 3.18. The third-order valence-electron chi connectivity index (χ3n) is 3.64. The van der Waals surface area contributed by atoms with Crippen LogP contribution in [-0.2, 0) is 4.79 Å². The molecule has 2 saturated carbocycles. The van der Waals surface area contributed by atoms with E-state index in [0.29, 0.717) is 17.7 Å². The fourth-order valence-electron chi connectivity index (χ4n) is 2.56. The Balaban J connectivity index is 1.63. The Labute approximate surface area is 86.5 Å². The summed E-state index contributed by atoms with van der Waals surface area (Å²) in [7, 11) is 0. The van der Waals surface area contributed by atoms with Gasteiger partial charge in [0, 0.05) is 12.5 Å². The molecule has 2 aliphatic rings. The Morgan fingerprint density at radius 1 is 1.29 bits per heavy atom. The van der Waals surface area contributed by atoms with Crippen molar-refractivity contribution in [3.63, 3.8) is 0 Å². The van der Waals surface area contributed by atoms with Crippen molar-refractivity contribution >= 4 is 5.91 Å². The lowest BCUT2D eigenvalue weighted by molar-refractivity contribution is -0.125. The lowest BCUT2D eigenvalue weighted by Crippen LogP contribution is -2.31. The van der Waals surface area contributed by atoms with Crippen LogP contribution in [0.2, 0.25) is 0 Å². The molecule has 0 aromatic carbocycles. The van der Waals surface area contributed by atoms with Gasteiger partial charge in [0.05, 0.1) is 0 Å². The van der Waals surface area contributed by atoms with Crippen LogP contribution in [0.15, 0.2) is 0 Å². The van der Waals surface area contributed by atoms with Gasteiger partial charge in [-0.3, -0.25) is 4.79 Å². The van der Waals surface area contributed by atoms with Crippen molar-refractivity contribution in [2.24, 2.45) is 23.7 Å². The predicted octanol–water partition coefficient (Wildman–Crippen LogP) is 2.19. The molecule has 0 heterocycles. The van der Waals surface area contributed by atoms with Gasteiger partial charge in [0.1, 0.15) is 0 Å². The summed E-state index contributed by atoms with van der Waals surface area (Å²) < 4.78 is 0. The molecule has 0 bridgehead atoms. The molecule has 1 amide bonds. The van der Waals surface area contributed by atoms with Gasteiger partial charge in [0.2, 0.25) is 5.91 Å². The van der Waals surface area contributed by atoms with E-state index in [0.717, 1.165) is 37.6 Å². The average molecular weight is 195 g/mol. The molecule has 0 aromatic rings. The average Bonchev–Trinajstić information content (AvgIpc) is 2.73. The van der Waals surface area contributed by atoms with Crippen molar-refractivity contribution in [3.8, 4) is 0 Å². The Hall–Kier alpha value is -0.530. The zero-order valence-corrected chi connectivity index (χ0v) is 9.25. The molecule has 1 N–H and O–H groups in total. The minimum atomic E-state index is 0.317. The molecular weight excluding hydrogens is 174 g/mol. The first-order valence-electron chi connectivity index (χ1n) is 5.94. The lowest BCUT2D eigenvalue weighted by Gasteiger charge is -2.12. The van der Waals surface area contributed by atoms with Crippen LogP contribution in [0, 0.1) is 23.7 Å². The number of nitrogens with one attached hydrogen (secondary N) is 1. The van der Waals surface area contributed by atoms with Gasteiger partial charge in [-0.05, 0) is 43.4 Å². The van der Waals surface area contributed by atoms with Crippen molar-refractivity contribution in [1.29, 1.82) is 0 Å². The quantitative estimate of drug-likeness (QED) is 0.732. The number of amides is 1. The van der Waals surface area contributed by atoms with Crippen molar-refractivity contribution in [2.45, 2.75) is 39.5 Å². The molecule has 80 valence electrons. The number of rotatable bonds is 4. The van der Waals surface area contributed by atoms with E-state index in [2.05, 4.69) is 19.2 Å². The van der Waals surface area contributed by atoms with E-state index in [1.54, 1.807) is 0 Å². The van der Waals surface area contributed by atoms with Crippen LogP contribution in [0.1, 0.15) is 39.5 Å². The number of carbonyl (C=O) groups is 1. The number of carbonyl (C=O) groups excluding carboxylic acids is 1. The maximum absolute atomic E-state index is 11.7. The van der Waals surface area contributed by atoms with Crippen LogP contribution in [0.4, 0.5) is 0 Å². The topological polar surface area (TPSA) is 29.1 Å². The molecule has 2 atom stereocenters. The molecule has 2 aliphatic carbocycles. The van der Waals surface area contributed by atoms with Gasteiger partial charge in [-0.1, -0.05) is 13.8 Å². The number of fused-ring (bicyclic) bond motifs is 1. The Kier molecular flexibility index (Phi) is 2.80. The van der Waals surface area contributed by atoms with Crippen LogP contribution < -0.4 is 5.32 Å². The third kappa shape index (κ3) is 2.28. The monoisotopic (exact) mass is 195 g/mol. The molecule has 2 nitrogen and oxygen atoms in total. The van der Waals surface area contributed by atoms with Crippen LogP contribution in [-0.4, -0.2) is 12.5 Å². The molecule has 0 aromatic heterocycles. The first-order chi connectivity index (χ1) is 6.66. The van der Waals surface area contributed by atoms with E-state index in [1.165, 1.54) is 6.42 Å². The minimum absolute atomic E-state index is 0.317. The van der Waals surface area contributed by atoms with Crippen LogP contribution in [0.25, 0.3) is 0 Å². The fraction of sp³-hybridized carbons (Fsp3) is 0.917. The van der Waals surface area contributed by atoms with Gasteiger partial charge in [0.25, 0.3) is 0 Å². The maximum Gasteiger partial charge on any atom is 0.223 e. The van der Waals surface area contributed by atoms with E-state index in [-0.39, 0.29) is 0 Å². The molecule has 0 aliphatic heterocycles. The second kappa shape index (κ2) is 3.92. The second-order valence-electron chi connectivity index (χ2n) is 5.40. The van der Waals surface area contributed by atoms with Crippen molar-refractivity contribution in [3.05, 3.63) is 0 Å². The zero-order valence-electron chi connectivity index (χ0n) is 9.25. The Bertz CT molecular complexity index is 214. The van der Waals surface area contributed by atoms with Gasteiger partial charge in [-0.25, -0.2) is 0 Å². The van der Waals surface area contributed by atoms with Crippen LogP contribution in [0.3, 0.4) is 0 Å². The van der Waals surface area contributed by atoms with E-state index in [1.807, 2.05) is 0 Å². The summed E-state index contributed by atoms with van der Waals surface area (Å²) >= 11 is 0. The first kappa shape index (κ1) is 10.0. The van der Waals surface area contributed by atoms with Crippen LogP contribution >= 0.6 is 0 Å². The van der Waals surface area contributed by atoms with E-state index in [9.17, 15) is 4.79 Å². The van der Waals surface area contributed by atoms with E-state index >= 15 is 0 Å². The Morgan fingerprint density at radius 2 is 1.93 bits per heavy atom.